The smallest absolute Gasteiger partial charge is 0.287 e. The summed E-state index contributed by atoms with van der Waals surface area (Å²) in [7, 11) is 0. The van der Waals surface area contributed by atoms with Crippen LogP contribution in [0, 0.1) is 0 Å². The molecule has 0 aromatic heterocycles. The molecule has 0 bridgehead atoms. The number of carbonyl (C=O) groups is 1. The second-order valence-electron chi connectivity index (χ2n) is 2.41. The largest absolute Gasteiger partial charge is 0.303 e. The zero-order chi connectivity index (χ0) is 6.48. The van der Waals surface area contributed by atoms with Gasteiger partial charge in [0.2, 0.25) is 6.29 Å². The van der Waals surface area contributed by atoms with Crippen molar-refractivity contribution in [3.05, 3.63) is 0 Å². The number of epoxide rings is 2. The summed E-state index contributed by atoms with van der Waals surface area (Å²) >= 11 is 0. The maximum Gasteiger partial charge on any atom is 0.287 e. The Kier molecular flexibility index (Phi) is 0.811. The highest BCUT2D eigenvalue weighted by molar-refractivity contribution is 5.91. The van der Waals surface area contributed by atoms with Crippen LogP contribution in [-0.4, -0.2) is 17.9 Å². The van der Waals surface area contributed by atoms with Crippen LogP contribution in [0.2, 0.25) is 0 Å². The van der Waals surface area contributed by atoms with Crippen molar-refractivity contribution in [2.75, 3.05) is 0 Å². The summed E-state index contributed by atoms with van der Waals surface area (Å²) in [6.45, 7) is 1.97. The van der Waals surface area contributed by atoms with Gasteiger partial charge in [-0.3, -0.25) is 4.79 Å². The highest BCUT2D eigenvalue weighted by Crippen LogP contribution is 2.57. The van der Waals surface area contributed by atoms with E-state index in [4.69, 9.17) is 9.47 Å². The van der Waals surface area contributed by atoms with E-state index in [9.17, 15) is 4.79 Å². The van der Waals surface area contributed by atoms with Crippen LogP contribution >= 0.6 is 0 Å². The molecule has 0 unspecified atom stereocenters. The molecule has 2 aliphatic heterocycles. The monoisotopic (exact) mass is 128 g/mol. The van der Waals surface area contributed by atoms with Crippen molar-refractivity contribution in [2.24, 2.45) is 0 Å². The summed E-state index contributed by atoms with van der Waals surface area (Å²) in [6.07, 6.45) is 1.30. The summed E-state index contributed by atoms with van der Waals surface area (Å²) in [4.78, 5) is 10.9. The molecule has 0 N–H and O–H groups in total. The zero-order valence-electron chi connectivity index (χ0n) is 5.22. The Hall–Kier alpha value is -0.410. The van der Waals surface area contributed by atoms with Gasteiger partial charge in [-0.25, -0.2) is 0 Å². The minimum absolute atomic E-state index is 0.106. The summed E-state index contributed by atoms with van der Waals surface area (Å²) in [5.41, 5.74) is 0. The minimum Gasteiger partial charge on any atom is -0.303 e. The summed E-state index contributed by atoms with van der Waals surface area (Å²) < 4.78 is 9.67. The van der Waals surface area contributed by atoms with Crippen LogP contribution in [0.4, 0.5) is 0 Å². The fourth-order valence-electron chi connectivity index (χ4n) is 0.923. The molecule has 2 aliphatic rings. The Morgan fingerprint density at radius 3 is 2.56 bits per heavy atom. The SMILES string of the molecule is CCCC(=O)C12OC1O2. The maximum absolute atomic E-state index is 10.9. The highest BCUT2D eigenvalue weighted by Gasteiger charge is 2.81. The number of Topliss-reactive ketones (excluding diaryl/α,β-unsaturated/α-hetero) is 1. The van der Waals surface area contributed by atoms with E-state index in [0.717, 1.165) is 6.42 Å². The molecule has 2 fully saturated rings. The molecule has 3 nitrogen and oxygen atoms in total. The molecule has 0 aromatic rings. The summed E-state index contributed by atoms with van der Waals surface area (Å²) in [5, 5.41) is 0. The average Bonchev–Trinajstić information content (AvgIpc) is 2.46. The molecule has 0 aliphatic carbocycles. The Labute approximate surface area is 52.9 Å². The van der Waals surface area contributed by atoms with Crippen molar-refractivity contribution < 1.29 is 14.3 Å². The fraction of sp³-hybridized carbons (Fsp3) is 0.833. The molecule has 0 amide bonds. The minimum atomic E-state index is -0.712. The van der Waals surface area contributed by atoms with Gasteiger partial charge in [0, 0.05) is 6.42 Å². The molecule has 2 rings (SSSR count). The third-order valence-corrected chi connectivity index (χ3v) is 1.63. The number of fused-ring (bicyclic) bond motifs is 1. The lowest BCUT2D eigenvalue weighted by Crippen LogP contribution is -2.14. The van der Waals surface area contributed by atoms with Crippen molar-refractivity contribution in [2.45, 2.75) is 31.8 Å². The number of hydrogen-bond acceptors (Lipinski definition) is 3. The van der Waals surface area contributed by atoms with Gasteiger partial charge in [-0.1, -0.05) is 6.92 Å². The average molecular weight is 128 g/mol. The van der Waals surface area contributed by atoms with E-state index in [-0.39, 0.29) is 12.1 Å². The van der Waals surface area contributed by atoms with Crippen LogP contribution < -0.4 is 0 Å². The van der Waals surface area contributed by atoms with Gasteiger partial charge in [-0.05, 0) is 6.42 Å². The quantitative estimate of drug-likeness (QED) is 0.518. The molecule has 0 radical (unpaired) electrons. The van der Waals surface area contributed by atoms with Gasteiger partial charge >= 0.3 is 0 Å². The van der Waals surface area contributed by atoms with Crippen molar-refractivity contribution in [1.29, 1.82) is 0 Å². The van der Waals surface area contributed by atoms with Crippen molar-refractivity contribution in [3.63, 3.8) is 0 Å². The van der Waals surface area contributed by atoms with Gasteiger partial charge < -0.3 is 9.47 Å². The van der Waals surface area contributed by atoms with E-state index in [0.29, 0.717) is 6.42 Å². The third kappa shape index (κ3) is 0.559. The van der Waals surface area contributed by atoms with Crippen LogP contribution in [0.5, 0.6) is 0 Å². The van der Waals surface area contributed by atoms with Crippen LogP contribution in [0.1, 0.15) is 19.8 Å². The Morgan fingerprint density at radius 1 is 1.67 bits per heavy atom. The Bertz CT molecular complexity index is 158. The van der Waals surface area contributed by atoms with Crippen molar-refractivity contribution in [1.82, 2.24) is 0 Å². The van der Waals surface area contributed by atoms with E-state index in [1.54, 1.807) is 0 Å². The van der Waals surface area contributed by atoms with Crippen LogP contribution in [0.3, 0.4) is 0 Å². The summed E-state index contributed by atoms with van der Waals surface area (Å²) in [5.74, 6) is -0.606. The Balaban J connectivity index is 1.91. The third-order valence-electron chi connectivity index (χ3n) is 1.63. The molecular formula is C6H8O3. The second kappa shape index (κ2) is 1.36. The summed E-state index contributed by atoms with van der Waals surface area (Å²) in [6, 6.07) is 0. The second-order valence-corrected chi connectivity index (χ2v) is 2.41. The molecule has 2 saturated heterocycles. The van der Waals surface area contributed by atoms with E-state index in [1.807, 2.05) is 6.92 Å². The number of rotatable bonds is 3. The Morgan fingerprint density at radius 2 is 2.22 bits per heavy atom. The lowest BCUT2D eigenvalue weighted by molar-refractivity contribution is -0.139. The molecule has 2 heterocycles. The van der Waals surface area contributed by atoms with Gasteiger partial charge in [-0.15, -0.1) is 0 Å². The first-order chi connectivity index (χ1) is 4.29. The van der Waals surface area contributed by atoms with Gasteiger partial charge in [0.05, 0.1) is 0 Å². The molecular weight excluding hydrogens is 120 g/mol. The predicted molar refractivity (Wildman–Crippen MR) is 28.6 cm³/mol. The van der Waals surface area contributed by atoms with E-state index in [2.05, 4.69) is 0 Å². The van der Waals surface area contributed by atoms with Gasteiger partial charge in [0.15, 0.2) is 5.78 Å². The topological polar surface area (TPSA) is 42.1 Å². The maximum atomic E-state index is 10.9. The fourth-order valence-corrected chi connectivity index (χ4v) is 0.923. The molecule has 0 aromatic carbocycles. The number of carbonyl (C=O) groups excluding carboxylic acids is 1. The number of ether oxygens (including phenoxy) is 2. The highest BCUT2D eigenvalue weighted by atomic mass is 17.0. The van der Waals surface area contributed by atoms with Crippen LogP contribution in [0.25, 0.3) is 0 Å². The van der Waals surface area contributed by atoms with Crippen molar-refractivity contribution in [3.8, 4) is 0 Å². The molecule has 0 atom stereocenters. The molecule has 9 heavy (non-hydrogen) atoms. The van der Waals surface area contributed by atoms with E-state index >= 15 is 0 Å². The predicted octanol–water partition coefficient (Wildman–Crippen LogP) is 0.438. The van der Waals surface area contributed by atoms with Crippen LogP contribution in [0.15, 0.2) is 0 Å². The lowest BCUT2D eigenvalue weighted by atomic mass is 10.2. The first-order valence-electron chi connectivity index (χ1n) is 3.18. The molecule has 3 heteroatoms. The van der Waals surface area contributed by atoms with E-state index < -0.39 is 5.79 Å². The van der Waals surface area contributed by atoms with Gasteiger partial charge in [0.25, 0.3) is 5.79 Å². The standard InChI is InChI=1S/C6H8O3/c1-2-3-4(7)6-5(8-6)9-6/h5H,2-3H2,1H3. The van der Waals surface area contributed by atoms with Gasteiger partial charge in [-0.2, -0.15) is 0 Å². The zero-order valence-corrected chi connectivity index (χ0v) is 5.22. The van der Waals surface area contributed by atoms with Crippen molar-refractivity contribution >= 4 is 5.78 Å². The van der Waals surface area contributed by atoms with E-state index in [1.165, 1.54) is 0 Å². The lowest BCUT2D eigenvalue weighted by Gasteiger charge is -1.95. The molecule has 0 spiro atoms. The molecule has 50 valence electrons. The molecule has 0 saturated carbocycles. The number of hydrogen-bond donors (Lipinski definition) is 0. The van der Waals surface area contributed by atoms with Crippen LogP contribution in [-0.2, 0) is 14.3 Å². The normalized spacial score (nSPS) is 43.9. The van der Waals surface area contributed by atoms with Gasteiger partial charge in [0.1, 0.15) is 0 Å². The number of ketones is 1. The first-order valence-corrected chi connectivity index (χ1v) is 3.18. The first kappa shape index (κ1) is 5.38.